The van der Waals surface area contributed by atoms with E-state index in [4.69, 9.17) is 9.15 Å². The first-order chi connectivity index (χ1) is 17.5. The van der Waals surface area contributed by atoms with Gasteiger partial charge >= 0.3 is 5.97 Å². The molecule has 0 aliphatic carbocycles. The predicted octanol–water partition coefficient (Wildman–Crippen LogP) is 5.18. The third-order valence-electron chi connectivity index (χ3n) is 5.89. The first kappa shape index (κ1) is 23.0. The zero-order valence-corrected chi connectivity index (χ0v) is 19.4. The quantitative estimate of drug-likeness (QED) is 0.286. The van der Waals surface area contributed by atoms with Gasteiger partial charge in [0.05, 0.1) is 23.4 Å². The second-order valence-electron chi connectivity index (χ2n) is 8.25. The maximum absolute atomic E-state index is 13.6. The summed E-state index contributed by atoms with van der Waals surface area (Å²) in [4.78, 5) is 44.7. The van der Waals surface area contributed by atoms with Gasteiger partial charge in [0.1, 0.15) is 11.6 Å². The molecule has 1 amide bonds. The lowest BCUT2D eigenvalue weighted by molar-refractivity contribution is -0.117. The fourth-order valence-electron chi connectivity index (χ4n) is 4.18. The van der Waals surface area contributed by atoms with Crippen molar-refractivity contribution in [3.63, 3.8) is 0 Å². The van der Waals surface area contributed by atoms with Crippen LogP contribution in [0.2, 0.25) is 0 Å². The summed E-state index contributed by atoms with van der Waals surface area (Å²) in [6.45, 7) is 2.20. The number of pyridine rings is 1. The Balaban J connectivity index is 1.55. The Hall–Kier alpha value is -4.72. The van der Waals surface area contributed by atoms with Crippen molar-refractivity contribution < 1.29 is 28.6 Å². The number of aliphatic hydroxyl groups excluding tert-OH is 1. The van der Waals surface area contributed by atoms with Crippen molar-refractivity contribution in [3.05, 3.63) is 107 Å². The van der Waals surface area contributed by atoms with E-state index in [1.54, 1.807) is 60.8 Å². The second kappa shape index (κ2) is 9.50. The Bertz CT molecular complexity index is 1450. The summed E-state index contributed by atoms with van der Waals surface area (Å²) in [5.74, 6) is -2.52. The van der Waals surface area contributed by atoms with Crippen LogP contribution in [-0.4, -0.2) is 34.4 Å². The lowest BCUT2D eigenvalue weighted by Crippen LogP contribution is -2.31. The highest BCUT2D eigenvalue weighted by Gasteiger charge is 2.46. The summed E-state index contributed by atoms with van der Waals surface area (Å²) in [6.07, 6.45) is 2.24. The van der Waals surface area contributed by atoms with Gasteiger partial charge in [-0.3, -0.25) is 19.5 Å². The molecule has 1 aliphatic rings. The van der Waals surface area contributed by atoms with Gasteiger partial charge in [0, 0.05) is 17.3 Å². The van der Waals surface area contributed by atoms with E-state index in [1.807, 2.05) is 13.0 Å². The van der Waals surface area contributed by atoms with Crippen LogP contribution in [0, 0.1) is 0 Å². The summed E-state index contributed by atoms with van der Waals surface area (Å²) >= 11 is 0. The number of ether oxygens (including phenoxy) is 1. The molecule has 0 saturated heterocycles. The third kappa shape index (κ3) is 4.02. The van der Waals surface area contributed by atoms with Crippen molar-refractivity contribution in [2.75, 3.05) is 11.5 Å². The van der Waals surface area contributed by atoms with Gasteiger partial charge in [0.15, 0.2) is 11.5 Å². The number of fused-ring (bicyclic) bond motifs is 1. The van der Waals surface area contributed by atoms with Crippen molar-refractivity contribution in [2.45, 2.75) is 19.4 Å². The highest BCUT2D eigenvalue weighted by molar-refractivity contribution is 6.20. The van der Waals surface area contributed by atoms with Crippen LogP contribution >= 0.6 is 0 Å². The summed E-state index contributed by atoms with van der Waals surface area (Å²) < 4.78 is 10.9. The normalized spacial score (nSPS) is 15.5. The number of esters is 1. The first-order valence-corrected chi connectivity index (χ1v) is 11.5. The maximum atomic E-state index is 13.6. The SMILES string of the molecule is CCCOC(=O)c1ccc(N2C(=O)C(O)=C(C(=O)c3cc4ccccc4o3)C2c2ccccn2)cc1. The van der Waals surface area contributed by atoms with E-state index in [-0.39, 0.29) is 11.3 Å². The molecule has 5 rings (SSSR count). The van der Waals surface area contributed by atoms with Crippen LogP contribution in [0.1, 0.15) is 46.0 Å². The molecule has 36 heavy (non-hydrogen) atoms. The molecule has 1 atom stereocenters. The number of rotatable bonds is 7. The van der Waals surface area contributed by atoms with Crippen molar-refractivity contribution >= 4 is 34.3 Å². The highest BCUT2D eigenvalue weighted by Crippen LogP contribution is 2.41. The zero-order chi connectivity index (χ0) is 25.2. The predicted molar refractivity (Wildman–Crippen MR) is 132 cm³/mol. The number of carbonyl (C=O) groups is 3. The highest BCUT2D eigenvalue weighted by atomic mass is 16.5. The van der Waals surface area contributed by atoms with Gasteiger partial charge in [-0.1, -0.05) is 31.2 Å². The van der Waals surface area contributed by atoms with Gasteiger partial charge in [0.25, 0.3) is 5.91 Å². The van der Waals surface area contributed by atoms with E-state index in [2.05, 4.69) is 4.98 Å². The number of Topliss-reactive ketones (excluding diaryl/α,β-unsaturated/α-hetero) is 1. The minimum absolute atomic E-state index is 0.00217. The minimum Gasteiger partial charge on any atom is -0.503 e. The number of furan rings is 1. The average molecular weight is 482 g/mol. The number of ketones is 1. The fraction of sp³-hybridized carbons (Fsp3) is 0.143. The number of aromatic nitrogens is 1. The van der Waals surface area contributed by atoms with E-state index in [1.165, 1.54) is 17.0 Å². The molecule has 180 valence electrons. The number of carbonyl (C=O) groups excluding carboxylic acids is 3. The molecule has 0 spiro atoms. The number of amides is 1. The largest absolute Gasteiger partial charge is 0.503 e. The zero-order valence-electron chi connectivity index (χ0n) is 19.4. The van der Waals surface area contributed by atoms with Crippen LogP contribution in [-0.2, 0) is 9.53 Å². The van der Waals surface area contributed by atoms with Gasteiger partial charge in [-0.15, -0.1) is 0 Å². The topological polar surface area (TPSA) is 110 Å². The average Bonchev–Trinajstić information content (AvgIpc) is 3.46. The van der Waals surface area contributed by atoms with Crippen LogP contribution in [0.5, 0.6) is 0 Å². The molecule has 1 unspecified atom stereocenters. The van der Waals surface area contributed by atoms with E-state index in [0.29, 0.717) is 35.6 Å². The summed E-state index contributed by atoms with van der Waals surface area (Å²) in [7, 11) is 0. The molecule has 4 aromatic rings. The van der Waals surface area contributed by atoms with Crippen LogP contribution in [0.4, 0.5) is 5.69 Å². The smallest absolute Gasteiger partial charge is 0.338 e. The van der Waals surface area contributed by atoms with Crippen LogP contribution in [0.3, 0.4) is 0 Å². The number of benzene rings is 2. The lowest BCUT2D eigenvalue weighted by Gasteiger charge is -2.26. The van der Waals surface area contributed by atoms with Crippen LogP contribution in [0.15, 0.2) is 94.7 Å². The van der Waals surface area contributed by atoms with E-state index in [9.17, 15) is 19.5 Å². The molecule has 0 radical (unpaired) electrons. The molecule has 0 fully saturated rings. The van der Waals surface area contributed by atoms with Gasteiger partial charge in [-0.25, -0.2) is 4.79 Å². The Labute approximate surface area is 206 Å². The fourth-order valence-corrected chi connectivity index (χ4v) is 4.18. The number of aliphatic hydroxyl groups is 1. The Kier molecular flexibility index (Phi) is 6.08. The Morgan fingerprint density at radius 2 is 1.81 bits per heavy atom. The Morgan fingerprint density at radius 1 is 1.06 bits per heavy atom. The monoisotopic (exact) mass is 482 g/mol. The van der Waals surface area contributed by atoms with E-state index >= 15 is 0 Å². The maximum Gasteiger partial charge on any atom is 0.338 e. The standard InChI is InChI=1S/C28H22N2O6/c1-2-15-35-28(34)17-10-12-19(13-11-17)30-24(20-8-5-6-14-29-20)23(26(32)27(30)33)25(31)22-16-18-7-3-4-9-21(18)36-22/h3-14,16,24,32H,2,15H2,1H3. The van der Waals surface area contributed by atoms with Crippen molar-refractivity contribution in [1.82, 2.24) is 4.98 Å². The molecule has 8 nitrogen and oxygen atoms in total. The van der Waals surface area contributed by atoms with Gasteiger partial charge in [-0.2, -0.15) is 0 Å². The van der Waals surface area contributed by atoms with Crippen LogP contribution < -0.4 is 4.90 Å². The van der Waals surface area contributed by atoms with Gasteiger partial charge in [0.2, 0.25) is 5.78 Å². The molecule has 2 aromatic heterocycles. The molecule has 8 heteroatoms. The van der Waals surface area contributed by atoms with E-state index in [0.717, 1.165) is 5.39 Å². The van der Waals surface area contributed by atoms with Crippen molar-refractivity contribution in [2.24, 2.45) is 0 Å². The second-order valence-corrected chi connectivity index (χ2v) is 8.25. The molecule has 1 aliphatic heterocycles. The summed E-state index contributed by atoms with van der Waals surface area (Å²) in [6, 6.07) is 19.0. The number of anilines is 1. The molecule has 0 bridgehead atoms. The molecule has 3 heterocycles. The number of hydrogen-bond donors (Lipinski definition) is 1. The third-order valence-corrected chi connectivity index (χ3v) is 5.89. The molecule has 2 aromatic carbocycles. The van der Waals surface area contributed by atoms with Gasteiger partial charge in [-0.05, 0) is 55.0 Å². The summed E-state index contributed by atoms with van der Waals surface area (Å²) in [5.41, 5.74) is 1.47. The lowest BCUT2D eigenvalue weighted by atomic mass is 9.98. The van der Waals surface area contributed by atoms with Crippen molar-refractivity contribution in [1.29, 1.82) is 0 Å². The summed E-state index contributed by atoms with van der Waals surface area (Å²) in [5, 5.41) is 11.6. The Morgan fingerprint density at radius 3 is 2.50 bits per heavy atom. The van der Waals surface area contributed by atoms with Crippen molar-refractivity contribution in [3.8, 4) is 0 Å². The van der Waals surface area contributed by atoms with Crippen LogP contribution in [0.25, 0.3) is 11.0 Å². The molecule has 1 N–H and O–H groups in total. The molecule has 0 saturated carbocycles. The van der Waals surface area contributed by atoms with Gasteiger partial charge < -0.3 is 14.3 Å². The number of para-hydroxylation sites is 1. The minimum atomic E-state index is -1.00. The number of hydrogen-bond acceptors (Lipinski definition) is 7. The van der Waals surface area contributed by atoms with E-state index < -0.39 is 29.5 Å². The number of nitrogens with zero attached hydrogens (tertiary/aromatic N) is 2. The molecular formula is C28H22N2O6. The first-order valence-electron chi connectivity index (χ1n) is 11.5. The molecular weight excluding hydrogens is 460 g/mol.